The maximum absolute atomic E-state index is 12.9. The minimum absolute atomic E-state index is 0.317. The van der Waals surface area contributed by atoms with Crippen molar-refractivity contribution in [2.24, 2.45) is 0 Å². The summed E-state index contributed by atoms with van der Waals surface area (Å²) in [7, 11) is 0. The largest absolute Gasteiger partial charge is 0.298 e. The van der Waals surface area contributed by atoms with Gasteiger partial charge in [-0.3, -0.25) is 4.79 Å². The Morgan fingerprint density at radius 2 is 1.60 bits per heavy atom. The molecule has 20 heavy (non-hydrogen) atoms. The highest BCUT2D eigenvalue weighted by molar-refractivity contribution is 7.98. The van der Waals surface area contributed by atoms with Crippen molar-refractivity contribution >= 4 is 40.3 Å². The van der Waals surface area contributed by atoms with Crippen LogP contribution in [0.4, 0.5) is 4.39 Å². The van der Waals surface area contributed by atoms with Crippen LogP contribution in [0.2, 0.25) is 0 Å². The van der Waals surface area contributed by atoms with Crippen molar-refractivity contribution in [3.8, 4) is 0 Å². The van der Waals surface area contributed by atoms with Gasteiger partial charge in [-0.05, 0) is 41.6 Å². The monoisotopic (exact) mass is 306 g/mol. The summed E-state index contributed by atoms with van der Waals surface area (Å²) in [5.41, 5.74) is 1.75. The Bertz CT molecular complexity index is 633. The fraction of sp³-hybridized carbons (Fsp3) is 0.0625. The maximum Gasteiger partial charge on any atom is 0.152 e. The summed E-state index contributed by atoms with van der Waals surface area (Å²) in [6.07, 6.45) is 2.71. The van der Waals surface area contributed by atoms with Gasteiger partial charge in [0.25, 0.3) is 0 Å². The number of thioether (sulfide) groups is 1. The average Bonchev–Trinajstić information content (AvgIpc) is 2.49. The van der Waals surface area contributed by atoms with Gasteiger partial charge in [0.15, 0.2) is 6.29 Å². The van der Waals surface area contributed by atoms with E-state index in [1.165, 1.54) is 12.1 Å². The van der Waals surface area contributed by atoms with Gasteiger partial charge < -0.3 is 0 Å². The van der Waals surface area contributed by atoms with Crippen LogP contribution in [-0.2, 0) is 4.79 Å². The lowest BCUT2D eigenvalue weighted by atomic mass is 10.0. The summed E-state index contributed by atoms with van der Waals surface area (Å²) in [6.45, 7) is 0. The number of carbonyl (C=O) groups is 1. The number of allylic oxidation sites excluding steroid dienone is 1. The summed E-state index contributed by atoms with van der Waals surface area (Å²) in [5.74, 6) is -0.338. The van der Waals surface area contributed by atoms with Crippen LogP contribution in [0.15, 0.2) is 53.4 Å². The zero-order valence-electron chi connectivity index (χ0n) is 10.8. The summed E-state index contributed by atoms with van der Waals surface area (Å²) in [6, 6.07) is 13.3. The van der Waals surface area contributed by atoms with Gasteiger partial charge in [0, 0.05) is 10.5 Å². The molecule has 4 heteroatoms. The fourth-order valence-electron chi connectivity index (χ4n) is 1.77. The number of hydrogen-bond acceptors (Lipinski definition) is 2. The molecule has 0 fully saturated rings. The molecule has 0 atom stereocenters. The smallest absolute Gasteiger partial charge is 0.152 e. The van der Waals surface area contributed by atoms with Crippen molar-refractivity contribution in [3.05, 3.63) is 65.5 Å². The zero-order chi connectivity index (χ0) is 14.5. The van der Waals surface area contributed by atoms with E-state index < -0.39 is 0 Å². The number of hydrogen-bond donors (Lipinski definition) is 0. The van der Waals surface area contributed by atoms with E-state index >= 15 is 0 Å². The minimum Gasteiger partial charge on any atom is -0.298 e. The third-order valence-electron chi connectivity index (χ3n) is 2.85. The van der Waals surface area contributed by atoms with Gasteiger partial charge >= 0.3 is 0 Å². The molecule has 2 aromatic rings. The van der Waals surface area contributed by atoms with Crippen LogP contribution in [0, 0.1) is 5.82 Å². The zero-order valence-corrected chi connectivity index (χ0v) is 12.3. The highest BCUT2D eigenvalue weighted by atomic mass is 35.5. The van der Waals surface area contributed by atoms with Crippen molar-refractivity contribution in [2.75, 3.05) is 6.26 Å². The van der Waals surface area contributed by atoms with E-state index in [2.05, 4.69) is 0 Å². The number of carbonyl (C=O) groups excluding carboxylic acids is 1. The van der Waals surface area contributed by atoms with Crippen LogP contribution in [0.5, 0.6) is 0 Å². The summed E-state index contributed by atoms with van der Waals surface area (Å²) >= 11 is 7.88. The van der Waals surface area contributed by atoms with Gasteiger partial charge in [-0.25, -0.2) is 4.39 Å². The first-order valence-electron chi connectivity index (χ1n) is 5.91. The molecule has 102 valence electrons. The first-order chi connectivity index (χ1) is 9.65. The van der Waals surface area contributed by atoms with E-state index in [4.69, 9.17) is 11.6 Å². The lowest BCUT2D eigenvalue weighted by Crippen LogP contribution is -1.90. The number of halogens is 2. The molecule has 0 aliphatic rings. The van der Waals surface area contributed by atoms with Crippen molar-refractivity contribution in [1.29, 1.82) is 0 Å². The first kappa shape index (κ1) is 14.8. The molecule has 0 bridgehead atoms. The minimum atomic E-state index is -0.338. The van der Waals surface area contributed by atoms with Gasteiger partial charge in [-0.15, -0.1) is 11.8 Å². The van der Waals surface area contributed by atoms with Crippen LogP contribution in [0.1, 0.15) is 11.1 Å². The molecule has 0 saturated carbocycles. The van der Waals surface area contributed by atoms with Crippen LogP contribution in [-0.4, -0.2) is 12.5 Å². The van der Waals surface area contributed by atoms with Crippen LogP contribution >= 0.6 is 23.4 Å². The van der Waals surface area contributed by atoms with E-state index in [9.17, 15) is 9.18 Å². The average molecular weight is 307 g/mol. The number of rotatable bonds is 4. The molecule has 1 nitrogen and oxygen atoms in total. The molecule has 0 radical (unpaired) electrons. The van der Waals surface area contributed by atoms with E-state index in [-0.39, 0.29) is 5.82 Å². The second-order valence-corrected chi connectivity index (χ2v) is 5.34. The van der Waals surface area contributed by atoms with Gasteiger partial charge in [0.2, 0.25) is 0 Å². The molecular weight excluding hydrogens is 295 g/mol. The summed E-state index contributed by atoms with van der Waals surface area (Å²) in [5, 5.41) is 0.317. The van der Waals surface area contributed by atoms with Gasteiger partial charge in [-0.2, -0.15) is 0 Å². The molecule has 2 aromatic carbocycles. The van der Waals surface area contributed by atoms with Gasteiger partial charge in [0.05, 0.1) is 5.03 Å². The fourth-order valence-corrected chi connectivity index (χ4v) is 2.46. The van der Waals surface area contributed by atoms with Crippen molar-refractivity contribution in [2.45, 2.75) is 4.90 Å². The van der Waals surface area contributed by atoms with Crippen molar-refractivity contribution in [1.82, 2.24) is 0 Å². The topological polar surface area (TPSA) is 17.1 Å². The molecule has 0 amide bonds. The van der Waals surface area contributed by atoms with Gasteiger partial charge in [0.1, 0.15) is 5.82 Å². The Kier molecular flexibility index (Phi) is 4.99. The first-order valence-corrected chi connectivity index (χ1v) is 7.51. The maximum atomic E-state index is 12.9. The molecule has 0 aliphatic carbocycles. The quantitative estimate of drug-likeness (QED) is 0.347. The predicted molar refractivity (Wildman–Crippen MR) is 83.4 cm³/mol. The predicted octanol–water partition coefficient (Wildman–Crippen LogP) is 4.85. The van der Waals surface area contributed by atoms with Gasteiger partial charge in [-0.1, -0.05) is 35.9 Å². The molecule has 0 aliphatic heterocycles. The molecule has 0 saturated heterocycles. The van der Waals surface area contributed by atoms with Crippen LogP contribution < -0.4 is 0 Å². The van der Waals surface area contributed by atoms with E-state index in [1.54, 1.807) is 23.9 Å². The number of aldehydes is 1. The third kappa shape index (κ3) is 3.30. The standard InChI is InChI=1S/C16H12ClFOS/c1-20-14-8-4-11(5-9-14)15(10-19)16(17)12-2-6-13(18)7-3-12/h2-10H,1H3. The lowest BCUT2D eigenvalue weighted by Gasteiger charge is -2.06. The Hall–Kier alpha value is -1.58. The highest BCUT2D eigenvalue weighted by Gasteiger charge is 2.09. The lowest BCUT2D eigenvalue weighted by molar-refractivity contribution is -0.103. The molecule has 0 aromatic heterocycles. The normalized spacial score (nSPS) is 11.9. The Balaban J connectivity index is 2.45. The second kappa shape index (κ2) is 6.73. The SMILES string of the molecule is CSc1ccc(C(C=O)=C(Cl)c2ccc(F)cc2)cc1. The Morgan fingerprint density at radius 3 is 2.10 bits per heavy atom. The van der Waals surface area contributed by atoms with E-state index in [0.29, 0.717) is 16.2 Å². The third-order valence-corrected chi connectivity index (χ3v) is 4.02. The van der Waals surface area contributed by atoms with Crippen LogP contribution in [0.3, 0.4) is 0 Å². The summed E-state index contributed by atoms with van der Waals surface area (Å²) < 4.78 is 12.9. The second-order valence-electron chi connectivity index (χ2n) is 4.08. The van der Waals surface area contributed by atoms with E-state index in [1.807, 2.05) is 30.5 Å². The molecule has 2 rings (SSSR count). The Labute approximate surface area is 126 Å². The molecule has 0 N–H and O–H groups in total. The van der Waals surface area contributed by atoms with Crippen molar-refractivity contribution < 1.29 is 9.18 Å². The molecule has 0 spiro atoms. The van der Waals surface area contributed by atoms with E-state index in [0.717, 1.165) is 16.7 Å². The molecule has 0 heterocycles. The molecule has 0 unspecified atom stereocenters. The number of benzene rings is 2. The highest BCUT2D eigenvalue weighted by Crippen LogP contribution is 2.29. The van der Waals surface area contributed by atoms with Crippen molar-refractivity contribution in [3.63, 3.8) is 0 Å². The summed E-state index contributed by atoms with van der Waals surface area (Å²) in [4.78, 5) is 12.4. The molecular formula is C16H12ClFOS. The Morgan fingerprint density at radius 1 is 1.05 bits per heavy atom. The van der Waals surface area contributed by atoms with Crippen LogP contribution in [0.25, 0.3) is 10.6 Å².